The average molecular weight is 251 g/mol. The summed E-state index contributed by atoms with van der Waals surface area (Å²) in [7, 11) is -3.15. The molecule has 0 radical (unpaired) electrons. The second-order valence-electron chi connectivity index (χ2n) is 3.33. The third kappa shape index (κ3) is 4.45. The number of carbonyl (C=O) groups excluding carboxylic acids is 2. The molecular weight excluding hydrogens is 238 g/mol. The molecule has 92 valence electrons. The summed E-state index contributed by atoms with van der Waals surface area (Å²) < 4.78 is 26.0. The van der Waals surface area contributed by atoms with E-state index in [1.165, 1.54) is 0 Å². The highest BCUT2D eigenvalue weighted by molar-refractivity contribution is 7.90. The fourth-order valence-electron chi connectivity index (χ4n) is 1.01. The maximum Gasteiger partial charge on any atom is 0.407 e. The van der Waals surface area contributed by atoms with E-state index < -0.39 is 22.0 Å². The third-order valence-electron chi connectivity index (χ3n) is 1.81. The van der Waals surface area contributed by atoms with Crippen LogP contribution in [0.4, 0.5) is 4.79 Å². The topological polar surface area (TPSA) is 114 Å². The molecule has 16 heavy (non-hydrogen) atoms. The molecule has 1 atom stereocenters. The Bertz CT molecular complexity index is 379. The molecule has 0 aromatic carbocycles. The normalized spacial score (nSPS) is 20.3. The highest BCUT2D eigenvalue weighted by atomic mass is 32.2. The van der Waals surface area contributed by atoms with E-state index in [2.05, 4.69) is 20.9 Å². The number of amides is 2. The van der Waals surface area contributed by atoms with Crippen LogP contribution in [0, 0.1) is 0 Å². The van der Waals surface area contributed by atoms with Gasteiger partial charge < -0.3 is 10.1 Å². The lowest BCUT2D eigenvalue weighted by Crippen LogP contribution is -2.42. The van der Waals surface area contributed by atoms with E-state index >= 15 is 0 Å². The maximum absolute atomic E-state index is 11.1. The van der Waals surface area contributed by atoms with Crippen molar-refractivity contribution < 1.29 is 22.7 Å². The van der Waals surface area contributed by atoms with E-state index in [0.29, 0.717) is 0 Å². The number of nitrogens with one attached hydrogen (secondary N) is 3. The van der Waals surface area contributed by atoms with Gasteiger partial charge in [-0.1, -0.05) is 0 Å². The first-order valence-electron chi connectivity index (χ1n) is 4.52. The molecular formula is C7H13N3O5S. The zero-order valence-corrected chi connectivity index (χ0v) is 9.46. The number of rotatable bonds is 4. The third-order valence-corrected chi connectivity index (χ3v) is 2.72. The number of hydrogen-bond donors (Lipinski definition) is 3. The molecule has 1 fully saturated rings. The molecule has 1 aliphatic rings. The Morgan fingerprint density at radius 2 is 2.31 bits per heavy atom. The second kappa shape index (κ2) is 5.12. The van der Waals surface area contributed by atoms with Crippen LogP contribution in [0.15, 0.2) is 0 Å². The smallest absolute Gasteiger partial charge is 0.407 e. The first kappa shape index (κ1) is 12.7. The molecule has 2 amide bonds. The molecule has 0 bridgehead atoms. The van der Waals surface area contributed by atoms with Gasteiger partial charge in [-0.2, -0.15) is 0 Å². The van der Waals surface area contributed by atoms with Gasteiger partial charge in [0.05, 0.1) is 5.75 Å². The van der Waals surface area contributed by atoms with Crippen LogP contribution in [0.25, 0.3) is 0 Å². The standard InChI is InChI=1S/C7H13N3O5S/c1-16(13,14)3-2-15-7(12)9-5-4-8-10-6(5)11/h5,8H,2-4H2,1H3,(H,9,12)(H,10,11). The van der Waals surface area contributed by atoms with Gasteiger partial charge in [0.25, 0.3) is 5.91 Å². The van der Waals surface area contributed by atoms with Crippen LogP contribution in [0.1, 0.15) is 0 Å². The minimum absolute atomic E-state index is 0.230. The van der Waals surface area contributed by atoms with Crippen LogP contribution < -0.4 is 16.2 Å². The Balaban J connectivity index is 2.23. The van der Waals surface area contributed by atoms with Crippen molar-refractivity contribution in [3.8, 4) is 0 Å². The zero-order valence-electron chi connectivity index (χ0n) is 8.65. The van der Waals surface area contributed by atoms with Crippen molar-refractivity contribution in [1.29, 1.82) is 0 Å². The molecule has 3 N–H and O–H groups in total. The number of alkyl carbamates (subject to hydrolysis) is 1. The van der Waals surface area contributed by atoms with Crippen LogP contribution in [-0.4, -0.2) is 51.6 Å². The van der Waals surface area contributed by atoms with Crippen molar-refractivity contribution in [3.05, 3.63) is 0 Å². The fourth-order valence-corrected chi connectivity index (χ4v) is 1.39. The largest absolute Gasteiger partial charge is 0.448 e. The van der Waals surface area contributed by atoms with Crippen LogP contribution in [0.2, 0.25) is 0 Å². The van der Waals surface area contributed by atoms with Gasteiger partial charge in [0.2, 0.25) is 0 Å². The number of carbonyl (C=O) groups is 2. The summed E-state index contributed by atoms with van der Waals surface area (Å²) in [5.74, 6) is -0.602. The lowest BCUT2D eigenvalue weighted by molar-refractivity contribution is -0.121. The number of hydrazine groups is 1. The van der Waals surface area contributed by atoms with E-state index in [-0.39, 0.29) is 24.8 Å². The predicted molar refractivity (Wildman–Crippen MR) is 54.1 cm³/mol. The molecule has 0 aromatic heterocycles. The van der Waals surface area contributed by atoms with Crippen molar-refractivity contribution in [1.82, 2.24) is 16.2 Å². The molecule has 9 heteroatoms. The minimum atomic E-state index is -3.15. The molecule has 1 saturated heterocycles. The van der Waals surface area contributed by atoms with Crippen molar-refractivity contribution in [2.24, 2.45) is 0 Å². The van der Waals surface area contributed by atoms with Gasteiger partial charge in [-0.3, -0.25) is 10.2 Å². The summed E-state index contributed by atoms with van der Waals surface area (Å²) in [6.45, 7) is 0.0342. The monoisotopic (exact) mass is 251 g/mol. The molecule has 1 unspecified atom stereocenters. The van der Waals surface area contributed by atoms with E-state index in [0.717, 1.165) is 6.26 Å². The van der Waals surface area contributed by atoms with Crippen molar-refractivity contribution >= 4 is 21.8 Å². The van der Waals surface area contributed by atoms with E-state index in [4.69, 9.17) is 0 Å². The molecule has 0 aliphatic carbocycles. The van der Waals surface area contributed by atoms with Crippen LogP contribution in [0.3, 0.4) is 0 Å². The Morgan fingerprint density at radius 3 is 2.81 bits per heavy atom. The Labute approximate surface area is 92.6 Å². The van der Waals surface area contributed by atoms with Crippen LogP contribution in [-0.2, 0) is 19.4 Å². The van der Waals surface area contributed by atoms with Gasteiger partial charge in [-0.25, -0.2) is 18.6 Å². The quantitative estimate of drug-likeness (QED) is 0.520. The van der Waals surface area contributed by atoms with Gasteiger partial charge in [0.15, 0.2) is 9.84 Å². The van der Waals surface area contributed by atoms with Crippen molar-refractivity contribution in [2.45, 2.75) is 6.04 Å². The molecule has 8 nitrogen and oxygen atoms in total. The predicted octanol–water partition coefficient (Wildman–Crippen LogP) is -2.24. The molecule has 1 heterocycles. The Morgan fingerprint density at radius 1 is 1.62 bits per heavy atom. The Kier molecular flexibility index (Phi) is 4.07. The summed E-state index contributed by atoms with van der Waals surface area (Å²) in [5.41, 5.74) is 4.84. The molecule has 0 saturated carbocycles. The zero-order chi connectivity index (χ0) is 12.2. The number of ether oxygens (including phenoxy) is 1. The van der Waals surface area contributed by atoms with Gasteiger partial charge in [0, 0.05) is 12.8 Å². The first-order chi connectivity index (χ1) is 7.38. The molecule has 1 rings (SSSR count). The highest BCUT2D eigenvalue weighted by Crippen LogP contribution is 1.91. The highest BCUT2D eigenvalue weighted by Gasteiger charge is 2.25. The number of sulfone groups is 1. The van der Waals surface area contributed by atoms with E-state index in [1.54, 1.807) is 0 Å². The summed E-state index contributed by atoms with van der Waals surface area (Å²) in [4.78, 5) is 22.1. The SMILES string of the molecule is CS(=O)(=O)CCOC(=O)NC1CNNC1=O. The van der Waals surface area contributed by atoms with Crippen LogP contribution in [0.5, 0.6) is 0 Å². The maximum atomic E-state index is 11.1. The van der Waals surface area contributed by atoms with Crippen molar-refractivity contribution in [2.75, 3.05) is 25.2 Å². The summed E-state index contributed by atoms with van der Waals surface area (Å²) in [5, 5.41) is 2.28. The fraction of sp³-hybridized carbons (Fsp3) is 0.714. The summed E-state index contributed by atoms with van der Waals surface area (Å²) >= 11 is 0. The molecule has 1 aliphatic heterocycles. The molecule has 0 spiro atoms. The van der Waals surface area contributed by atoms with Gasteiger partial charge in [-0.15, -0.1) is 0 Å². The summed E-state index contributed by atoms with van der Waals surface area (Å²) in [6, 6.07) is -0.689. The molecule has 0 aromatic rings. The van der Waals surface area contributed by atoms with E-state index in [9.17, 15) is 18.0 Å². The minimum Gasteiger partial charge on any atom is -0.448 e. The van der Waals surface area contributed by atoms with E-state index in [1.807, 2.05) is 0 Å². The van der Waals surface area contributed by atoms with Crippen molar-refractivity contribution in [3.63, 3.8) is 0 Å². The Hall–Kier alpha value is -1.35. The number of hydrogen-bond acceptors (Lipinski definition) is 6. The summed E-state index contributed by atoms with van der Waals surface area (Å²) in [6.07, 6.45) is 0.232. The first-order valence-corrected chi connectivity index (χ1v) is 6.58. The van der Waals surface area contributed by atoms with Gasteiger partial charge in [0.1, 0.15) is 12.6 Å². The second-order valence-corrected chi connectivity index (χ2v) is 5.59. The van der Waals surface area contributed by atoms with Crippen LogP contribution >= 0.6 is 0 Å². The lowest BCUT2D eigenvalue weighted by atomic mass is 10.3. The van der Waals surface area contributed by atoms with Gasteiger partial charge >= 0.3 is 6.09 Å². The van der Waals surface area contributed by atoms with Gasteiger partial charge in [-0.05, 0) is 0 Å². The average Bonchev–Trinajstić information content (AvgIpc) is 2.49. The lowest BCUT2D eigenvalue weighted by Gasteiger charge is -2.09.